The van der Waals surface area contributed by atoms with Gasteiger partial charge >= 0.3 is 0 Å². The number of nitrogens with zero attached hydrogens (tertiary/aromatic N) is 2. The molecule has 1 aliphatic heterocycles. The number of anilines is 1. The monoisotopic (exact) mass is 409 g/mol. The van der Waals surface area contributed by atoms with Crippen LogP contribution in [0.2, 0.25) is 10.0 Å². The van der Waals surface area contributed by atoms with Crippen molar-refractivity contribution >= 4 is 34.8 Å². The minimum absolute atomic E-state index is 0.144. The number of piperazine rings is 1. The van der Waals surface area contributed by atoms with Crippen LogP contribution in [0, 0.1) is 5.82 Å². The lowest BCUT2D eigenvalue weighted by molar-refractivity contribution is -0.121. The van der Waals surface area contributed by atoms with Gasteiger partial charge in [0.1, 0.15) is 5.82 Å². The Morgan fingerprint density at radius 2 is 1.78 bits per heavy atom. The van der Waals surface area contributed by atoms with E-state index in [0.29, 0.717) is 5.69 Å². The second kappa shape index (κ2) is 9.02. The number of benzene rings is 2. The number of rotatable bonds is 5. The highest BCUT2D eigenvalue weighted by atomic mass is 35.5. The highest BCUT2D eigenvalue weighted by Gasteiger charge is 2.26. The van der Waals surface area contributed by atoms with Gasteiger partial charge in [-0.15, -0.1) is 0 Å². The SMILES string of the molecule is CC(C(=O)Nc1ccc(F)cc1Cl)N1CCN(Cc2ccc(Cl)cc2)CC1. The molecule has 27 heavy (non-hydrogen) atoms. The quantitative estimate of drug-likeness (QED) is 0.800. The molecule has 4 nitrogen and oxygen atoms in total. The van der Waals surface area contributed by atoms with Crippen LogP contribution in [0.25, 0.3) is 0 Å². The number of nitrogens with one attached hydrogen (secondary N) is 1. The molecule has 0 bridgehead atoms. The van der Waals surface area contributed by atoms with Gasteiger partial charge in [0, 0.05) is 37.7 Å². The third kappa shape index (κ3) is 5.42. The molecular weight excluding hydrogens is 388 g/mol. The molecular formula is C20H22Cl2FN3O. The summed E-state index contributed by atoms with van der Waals surface area (Å²) < 4.78 is 13.1. The summed E-state index contributed by atoms with van der Waals surface area (Å²) in [5, 5.41) is 3.72. The molecule has 2 aromatic carbocycles. The molecule has 1 saturated heterocycles. The summed E-state index contributed by atoms with van der Waals surface area (Å²) >= 11 is 11.9. The zero-order valence-electron chi connectivity index (χ0n) is 15.1. The third-order valence-corrected chi connectivity index (χ3v) is 5.41. The number of hydrogen-bond donors (Lipinski definition) is 1. The standard InChI is InChI=1S/C20H22Cl2FN3O/c1-14(20(27)24-19-7-6-17(23)12-18(19)22)26-10-8-25(9-11-26)13-15-2-4-16(21)5-3-15/h2-7,12,14H,8-11,13H2,1H3,(H,24,27). The molecule has 1 unspecified atom stereocenters. The van der Waals surface area contributed by atoms with Gasteiger partial charge in [0.25, 0.3) is 0 Å². The number of hydrogen-bond acceptors (Lipinski definition) is 3. The second-order valence-corrected chi connectivity index (χ2v) is 7.57. The van der Waals surface area contributed by atoms with Crippen molar-refractivity contribution in [2.45, 2.75) is 19.5 Å². The van der Waals surface area contributed by atoms with Crippen molar-refractivity contribution in [1.82, 2.24) is 9.80 Å². The fraction of sp³-hybridized carbons (Fsp3) is 0.350. The van der Waals surface area contributed by atoms with E-state index < -0.39 is 5.82 Å². The molecule has 0 aromatic heterocycles. The molecule has 1 fully saturated rings. The van der Waals surface area contributed by atoms with Crippen molar-refractivity contribution in [2.24, 2.45) is 0 Å². The molecule has 0 spiro atoms. The summed E-state index contributed by atoms with van der Waals surface area (Å²) in [5.74, 6) is -0.572. The predicted molar refractivity (Wildman–Crippen MR) is 108 cm³/mol. The largest absolute Gasteiger partial charge is 0.323 e. The van der Waals surface area contributed by atoms with E-state index in [-0.39, 0.29) is 17.0 Å². The maximum Gasteiger partial charge on any atom is 0.241 e. The van der Waals surface area contributed by atoms with Gasteiger partial charge in [-0.1, -0.05) is 35.3 Å². The molecule has 0 aliphatic carbocycles. The van der Waals surface area contributed by atoms with Gasteiger partial charge in [-0.3, -0.25) is 14.6 Å². The Kier molecular flexibility index (Phi) is 6.71. The van der Waals surface area contributed by atoms with E-state index >= 15 is 0 Å². The lowest BCUT2D eigenvalue weighted by Gasteiger charge is -2.37. The molecule has 1 aliphatic rings. The van der Waals surface area contributed by atoms with Gasteiger partial charge in [0.2, 0.25) is 5.91 Å². The van der Waals surface area contributed by atoms with E-state index in [2.05, 4.69) is 15.1 Å². The first-order chi connectivity index (χ1) is 12.9. The smallest absolute Gasteiger partial charge is 0.241 e. The van der Waals surface area contributed by atoms with Gasteiger partial charge in [0.05, 0.1) is 16.8 Å². The highest BCUT2D eigenvalue weighted by Crippen LogP contribution is 2.23. The van der Waals surface area contributed by atoms with Crippen LogP contribution in [0.3, 0.4) is 0 Å². The van der Waals surface area contributed by atoms with Crippen molar-refractivity contribution < 1.29 is 9.18 Å². The van der Waals surface area contributed by atoms with Crippen LogP contribution in [-0.2, 0) is 11.3 Å². The van der Waals surface area contributed by atoms with Gasteiger partial charge in [-0.25, -0.2) is 4.39 Å². The number of halogens is 3. The predicted octanol–water partition coefficient (Wildman–Crippen LogP) is 4.28. The second-order valence-electron chi connectivity index (χ2n) is 6.73. The van der Waals surface area contributed by atoms with Gasteiger partial charge in [-0.05, 0) is 42.8 Å². The van der Waals surface area contributed by atoms with Crippen molar-refractivity contribution in [3.8, 4) is 0 Å². The minimum Gasteiger partial charge on any atom is -0.323 e. The summed E-state index contributed by atoms with van der Waals surface area (Å²) in [7, 11) is 0. The summed E-state index contributed by atoms with van der Waals surface area (Å²) in [6.45, 7) is 6.13. The highest BCUT2D eigenvalue weighted by molar-refractivity contribution is 6.33. The van der Waals surface area contributed by atoms with Crippen molar-refractivity contribution in [3.05, 3.63) is 63.9 Å². The molecule has 3 rings (SSSR count). The Bertz CT molecular complexity index is 792. The van der Waals surface area contributed by atoms with E-state index in [1.54, 1.807) is 0 Å². The summed E-state index contributed by atoms with van der Waals surface area (Å²) in [6.07, 6.45) is 0. The lowest BCUT2D eigenvalue weighted by Crippen LogP contribution is -2.52. The first-order valence-corrected chi connectivity index (χ1v) is 9.65. The Morgan fingerprint density at radius 3 is 2.41 bits per heavy atom. The van der Waals surface area contributed by atoms with Crippen LogP contribution in [0.4, 0.5) is 10.1 Å². The first kappa shape index (κ1) is 20.1. The van der Waals surface area contributed by atoms with Crippen LogP contribution in [0.5, 0.6) is 0 Å². The zero-order chi connectivity index (χ0) is 19.4. The average molecular weight is 410 g/mol. The first-order valence-electron chi connectivity index (χ1n) is 8.89. The zero-order valence-corrected chi connectivity index (χ0v) is 16.6. The normalized spacial score (nSPS) is 16.9. The molecule has 2 aromatic rings. The lowest BCUT2D eigenvalue weighted by atomic mass is 10.1. The Hall–Kier alpha value is -1.66. The van der Waals surface area contributed by atoms with Crippen LogP contribution < -0.4 is 5.32 Å². The van der Waals surface area contributed by atoms with Crippen LogP contribution >= 0.6 is 23.2 Å². The van der Waals surface area contributed by atoms with Crippen LogP contribution in [-0.4, -0.2) is 47.9 Å². The fourth-order valence-corrected chi connectivity index (χ4v) is 3.49. The molecule has 1 amide bonds. The topological polar surface area (TPSA) is 35.6 Å². The van der Waals surface area contributed by atoms with E-state index in [0.717, 1.165) is 37.7 Å². The van der Waals surface area contributed by atoms with E-state index in [4.69, 9.17) is 23.2 Å². The molecule has 7 heteroatoms. The van der Waals surface area contributed by atoms with Crippen molar-refractivity contribution in [1.29, 1.82) is 0 Å². The summed E-state index contributed by atoms with van der Waals surface area (Å²) in [4.78, 5) is 17.0. The van der Waals surface area contributed by atoms with Gasteiger partial charge in [0.15, 0.2) is 0 Å². The summed E-state index contributed by atoms with van der Waals surface area (Å²) in [5.41, 5.74) is 1.65. The molecule has 1 atom stereocenters. The fourth-order valence-electron chi connectivity index (χ4n) is 3.15. The van der Waals surface area contributed by atoms with Crippen molar-refractivity contribution in [3.63, 3.8) is 0 Å². The van der Waals surface area contributed by atoms with E-state index in [1.807, 2.05) is 31.2 Å². The Morgan fingerprint density at radius 1 is 1.11 bits per heavy atom. The minimum atomic E-state index is -0.428. The van der Waals surface area contributed by atoms with Crippen molar-refractivity contribution in [2.75, 3.05) is 31.5 Å². The van der Waals surface area contributed by atoms with E-state index in [9.17, 15) is 9.18 Å². The average Bonchev–Trinajstić information content (AvgIpc) is 2.66. The van der Waals surface area contributed by atoms with Crippen LogP contribution in [0.15, 0.2) is 42.5 Å². The number of carbonyl (C=O) groups is 1. The maximum absolute atomic E-state index is 13.1. The molecule has 144 valence electrons. The van der Waals surface area contributed by atoms with Gasteiger partial charge in [-0.2, -0.15) is 0 Å². The number of carbonyl (C=O) groups excluding carboxylic acids is 1. The van der Waals surface area contributed by atoms with E-state index in [1.165, 1.54) is 23.8 Å². The number of amides is 1. The Labute approximate surface area is 168 Å². The summed E-state index contributed by atoms with van der Waals surface area (Å²) in [6, 6.07) is 11.5. The third-order valence-electron chi connectivity index (χ3n) is 4.84. The van der Waals surface area contributed by atoms with Gasteiger partial charge < -0.3 is 5.32 Å². The Balaban J connectivity index is 1.50. The van der Waals surface area contributed by atoms with Crippen LogP contribution in [0.1, 0.15) is 12.5 Å². The molecule has 0 radical (unpaired) electrons. The molecule has 0 saturated carbocycles. The molecule has 1 N–H and O–H groups in total. The maximum atomic E-state index is 13.1. The molecule has 1 heterocycles.